The highest BCUT2D eigenvalue weighted by Gasteiger charge is 2.77. The number of aliphatic carboxylic acids is 1. The summed E-state index contributed by atoms with van der Waals surface area (Å²) >= 11 is 0. The smallest absolute Gasteiger partial charge is 0.335 e. The van der Waals surface area contributed by atoms with E-state index in [2.05, 4.69) is 19.9 Å². The van der Waals surface area contributed by atoms with E-state index in [9.17, 15) is 85.6 Å². The normalized spacial score (nSPS) is 48.8. The van der Waals surface area contributed by atoms with Crippen molar-refractivity contribution in [1.29, 1.82) is 0 Å². The van der Waals surface area contributed by atoms with Crippen molar-refractivity contribution < 1.29 is 138 Å². The van der Waals surface area contributed by atoms with E-state index in [4.69, 9.17) is 52.1 Å². The number of aliphatic hydroxyl groups is 12. The standard InChI is InChI=1S/C65H100O28/c1-14-26(3)54(81)88-46-43(76)58(83-28(5)44(46)84-29(6)69)93-51-52(92-55(82)27(4)15-2)65(25-68)31(22-60(51,7)8)30-16-17-35-62(11)20-19-36(61(9,10)34(62)18-21-63(35,12)64(30,13)49(77)50(65)78)87-59-48(91-57-41(74)39(72)37(70)32(23-66)85-57)45(42(75)47(90-59)53(79)80)89-56-40(73)38(71)33(24-67)86-56/h14-16,28,31-52,56-59,66-68,70-78H,17-25H2,1-13H3,(H,79,80)/b26-14-,27-15-/t28-,31?,32+,33+,34?,35?,36-,37-,38+,39-,40-,41+,42-,43+,44-,45-,46-,47-,48+,49-,50+,51-,52-,56+,57-,58-,59-,62-,63+,64-,65-/m0/s1. The summed E-state index contributed by atoms with van der Waals surface area (Å²) in [5, 5.41) is 148. The number of esters is 3. The van der Waals surface area contributed by atoms with Crippen molar-refractivity contribution in [2.75, 3.05) is 19.8 Å². The zero-order valence-electron chi connectivity index (χ0n) is 55.1. The van der Waals surface area contributed by atoms with Crippen LogP contribution in [0.4, 0.5) is 0 Å². The summed E-state index contributed by atoms with van der Waals surface area (Å²) in [6.45, 7) is 20.5. The number of carbonyl (C=O) groups is 4. The van der Waals surface area contributed by atoms with Gasteiger partial charge in [0.1, 0.15) is 79.4 Å². The van der Waals surface area contributed by atoms with E-state index in [1.165, 1.54) is 26.0 Å². The van der Waals surface area contributed by atoms with Crippen LogP contribution in [0.25, 0.3) is 0 Å². The first kappa shape index (κ1) is 73.5. The van der Waals surface area contributed by atoms with Crippen molar-refractivity contribution in [2.24, 2.45) is 50.2 Å². The molecule has 0 aromatic rings. The van der Waals surface area contributed by atoms with Gasteiger partial charge in [-0.15, -0.1) is 0 Å². The maximum Gasteiger partial charge on any atom is 0.335 e. The Balaban J connectivity index is 1.05. The Bertz CT molecular complexity index is 2820. The molecule has 4 saturated heterocycles. The molecule has 3 unspecified atom stereocenters. The Labute approximate surface area is 540 Å². The Kier molecular flexibility index (Phi) is 21.5. The molecule has 0 bridgehead atoms. The van der Waals surface area contributed by atoms with Gasteiger partial charge in [-0.1, -0.05) is 72.3 Å². The van der Waals surface area contributed by atoms with Gasteiger partial charge in [0, 0.05) is 23.5 Å². The van der Waals surface area contributed by atoms with Crippen LogP contribution in [0.5, 0.6) is 0 Å². The molecule has 28 heteroatoms. The molecule has 5 aliphatic carbocycles. The van der Waals surface area contributed by atoms with Gasteiger partial charge < -0.3 is 118 Å². The van der Waals surface area contributed by atoms with Crippen LogP contribution in [0.1, 0.15) is 129 Å². The van der Waals surface area contributed by atoms with Crippen LogP contribution in [0.15, 0.2) is 34.9 Å². The molecule has 528 valence electrons. The monoisotopic (exact) mass is 1330 g/mol. The molecule has 4 saturated carbocycles. The fourth-order valence-corrected chi connectivity index (χ4v) is 18.0. The number of aliphatic hydroxyl groups excluding tert-OH is 12. The highest BCUT2D eigenvalue weighted by atomic mass is 16.8. The molecule has 9 rings (SSSR count). The predicted molar refractivity (Wildman–Crippen MR) is 318 cm³/mol. The van der Waals surface area contributed by atoms with Crippen molar-refractivity contribution in [3.05, 3.63) is 34.9 Å². The maximum absolute atomic E-state index is 14.3. The zero-order chi connectivity index (χ0) is 68.9. The fraction of sp³-hybridized carbons (Fsp3) is 0.846. The number of carboxylic acid groups (broad SMARTS) is 1. The molecule has 0 spiro atoms. The molecule has 0 aromatic carbocycles. The lowest BCUT2D eigenvalue weighted by Crippen LogP contribution is -2.77. The number of carboxylic acids is 1. The minimum Gasteiger partial charge on any atom is -0.479 e. The number of ether oxygens (including phenoxy) is 11. The molecular formula is C65H100O28. The van der Waals surface area contributed by atoms with E-state index in [0.29, 0.717) is 25.7 Å². The van der Waals surface area contributed by atoms with Gasteiger partial charge in [0.2, 0.25) is 0 Å². The van der Waals surface area contributed by atoms with Crippen LogP contribution in [0, 0.1) is 50.2 Å². The second-order valence-corrected chi connectivity index (χ2v) is 29.4. The van der Waals surface area contributed by atoms with E-state index in [1.807, 2.05) is 34.6 Å². The second-order valence-electron chi connectivity index (χ2n) is 29.4. The van der Waals surface area contributed by atoms with Gasteiger partial charge in [-0.3, -0.25) is 4.79 Å². The van der Waals surface area contributed by atoms with Gasteiger partial charge in [-0.25, -0.2) is 14.4 Å². The summed E-state index contributed by atoms with van der Waals surface area (Å²) in [6, 6.07) is 0. The summed E-state index contributed by atoms with van der Waals surface area (Å²) in [7, 11) is 0. The van der Waals surface area contributed by atoms with Crippen molar-refractivity contribution in [3.8, 4) is 0 Å². The van der Waals surface area contributed by atoms with Crippen molar-refractivity contribution in [2.45, 2.75) is 276 Å². The van der Waals surface area contributed by atoms with E-state index < -0.39 is 229 Å². The van der Waals surface area contributed by atoms with Crippen LogP contribution in [-0.2, 0) is 71.3 Å². The van der Waals surface area contributed by atoms with Gasteiger partial charge in [-0.05, 0) is 113 Å². The summed E-state index contributed by atoms with van der Waals surface area (Å²) in [5.74, 6) is -5.28. The number of rotatable bonds is 17. The summed E-state index contributed by atoms with van der Waals surface area (Å²) < 4.78 is 67.5. The van der Waals surface area contributed by atoms with Crippen LogP contribution < -0.4 is 0 Å². The van der Waals surface area contributed by atoms with Crippen LogP contribution >= 0.6 is 0 Å². The highest BCUT2D eigenvalue weighted by molar-refractivity contribution is 5.88. The molecule has 4 heterocycles. The molecule has 8 fully saturated rings. The minimum absolute atomic E-state index is 0.162. The Morgan fingerprint density at radius 3 is 1.70 bits per heavy atom. The van der Waals surface area contributed by atoms with Gasteiger partial charge in [0.25, 0.3) is 0 Å². The van der Waals surface area contributed by atoms with E-state index in [0.717, 1.165) is 12.5 Å². The lowest BCUT2D eigenvalue weighted by Gasteiger charge is -2.73. The molecule has 9 aliphatic rings. The molecule has 31 atom stereocenters. The topological polar surface area (TPSA) is 433 Å². The highest BCUT2D eigenvalue weighted by Crippen LogP contribution is 2.76. The summed E-state index contributed by atoms with van der Waals surface area (Å²) in [4.78, 5) is 53.0. The molecule has 0 amide bonds. The van der Waals surface area contributed by atoms with Gasteiger partial charge in [0.05, 0.1) is 49.7 Å². The molecule has 28 nitrogen and oxygen atoms in total. The van der Waals surface area contributed by atoms with E-state index in [-0.39, 0.29) is 35.8 Å². The quantitative estimate of drug-likeness (QED) is 0.0292. The first-order valence-electron chi connectivity index (χ1n) is 32.4. The second kappa shape index (κ2) is 27.2. The third-order valence-corrected chi connectivity index (χ3v) is 23.7. The lowest BCUT2D eigenvalue weighted by molar-refractivity contribution is -0.386. The summed E-state index contributed by atoms with van der Waals surface area (Å²) in [5.41, 5.74) is -5.32. The fourth-order valence-electron chi connectivity index (χ4n) is 18.0. The van der Waals surface area contributed by atoms with Crippen LogP contribution in [0.3, 0.4) is 0 Å². The zero-order valence-corrected chi connectivity index (χ0v) is 55.1. The predicted octanol–water partition coefficient (Wildman–Crippen LogP) is -0.315. The number of carbonyl (C=O) groups excluding carboxylic acids is 3. The molecule has 13 N–H and O–H groups in total. The average Bonchev–Trinajstić information content (AvgIpc) is 0.833. The lowest BCUT2D eigenvalue weighted by atomic mass is 9.32. The number of fused-ring (bicyclic) bond motifs is 7. The Hall–Kier alpha value is -3.70. The van der Waals surface area contributed by atoms with Crippen molar-refractivity contribution >= 4 is 23.9 Å². The molecule has 0 aromatic heterocycles. The largest absolute Gasteiger partial charge is 0.479 e. The van der Waals surface area contributed by atoms with Crippen molar-refractivity contribution in [3.63, 3.8) is 0 Å². The van der Waals surface area contributed by atoms with E-state index >= 15 is 0 Å². The first-order chi connectivity index (χ1) is 43.4. The number of hydrogen-bond acceptors (Lipinski definition) is 27. The SMILES string of the molecule is C/C=C(/C)C(=O)O[C@H]1[C@@H](O)[C@H](O[C@H]2[C@H](OC(=O)/C(C)=C\C)[C@@]3(CO)C(CC2(C)C)C2=CCC4[C@@]5(C)CC[C@H](O[C@H]6O[C@H](C(=O)O)[C@@H](O)[C@H](O[C@H]7O[C@H](CO)[C@@H](O)[C@@H]7O)[C@H]6O[C@@H]6O[C@H](CO)[C@H](O)[C@H](O)[C@H]6O)C(C)(C)C5CC[C@@]4(C)[C@]2(C)[C@@H](O)[C@H]3O)O[C@@H](C)[C@@H]1OC(C)=O. The van der Waals surface area contributed by atoms with Crippen LogP contribution in [0.2, 0.25) is 0 Å². The Morgan fingerprint density at radius 2 is 1.14 bits per heavy atom. The Morgan fingerprint density at radius 1 is 0.581 bits per heavy atom. The summed E-state index contributed by atoms with van der Waals surface area (Å²) in [6.07, 6.45) is -32.9. The number of hydrogen-bond donors (Lipinski definition) is 13. The van der Waals surface area contributed by atoms with Gasteiger partial charge in [-0.2, -0.15) is 0 Å². The maximum atomic E-state index is 14.3. The third-order valence-electron chi connectivity index (χ3n) is 23.7. The number of allylic oxidation sites excluding steroid dienone is 3. The molecule has 4 aliphatic heterocycles. The van der Waals surface area contributed by atoms with Gasteiger partial charge >= 0.3 is 23.9 Å². The third kappa shape index (κ3) is 12.2. The average molecular weight is 1330 g/mol. The van der Waals surface area contributed by atoms with Crippen LogP contribution in [-0.4, -0.2) is 257 Å². The molecular weight excluding hydrogens is 1230 g/mol. The van der Waals surface area contributed by atoms with Crippen molar-refractivity contribution in [1.82, 2.24) is 0 Å². The first-order valence-corrected chi connectivity index (χ1v) is 32.4. The van der Waals surface area contributed by atoms with E-state index in [1.54, 1.807) is 20.8 Å². The minimum atomic E-state index is -2.16. The molecule has 0 radical (unpaired) electrons. The molecule has 93 heavy (non-hydrogen) atoms. The van der Waals surface area contributed by atoms with Gasteiger partial charge in [0.15, 0.2) is 43.5 Å².